The molecule has 2 unspecified atom stereocenters. The Morgan fingerprint density at radius 2 is 0.658 bits per heavy atom. The lowest BCUT2D eigenvalue weighted by molar-refractivity contribution is -0.143. The van der Waals surface area contributed by atoms with E-state index < -0.39 is 12.1 Å². The number of hydrogen-bond donors (Lipinski definition) is 3. The first-order chi connectivity index (χ1) is 36.0. The standard InChI is InChI=1S/C67H129NO5/c1-3-5-7-9-11-13-15-16-17-18-19-24-27-30-33-36-40-43-47-51-55-59-65(70)64(63-69)68-66(71)60-56-52-48-44-41-37-34-31-28-25-22-20-21-23-26-29-32-35-38-42-46-50-54-58-62-73-67(72)61-57-53-49-45-39-14-12-10-8-6-4-2/h10,12,55,59,64-65,69-70H,3-9,11,13-54,56-58,60-63H2,1-2H3,(H,68,71)/b12-10-,59-55+. The lowest BCUT2D eigenvalue weighted by Gasteiger charge is -2.20. The van der Waals surface area contributed by atoms with Gasteiger partial charge in [-0.1, -0.05) is 327 Å². The van der Waals surface area contributed by atoms with Crippen LogP contribution < -0.4 is 5.32 Å². The highest BCUT2D eigenvalue weighted by molar-refractivity contribution is 5.76. The first-order valence-corrected chi connectivity index (χ1v) is 33.1. The van der Waals surface area contributed by atoms with Crippen LogP contribution in [0.3, 0.4) is 0 Å². The van der Waals surface area contributed by atoms with E-state index in [9.17, 15) is 19.8 Å². The Balaban J connectivity index is 3.40. The molecule has 3 N–H and O–H groups in total. The molecule has 0 spiro atoms. The van der Waals surface area contributed by atoms with Gasteiger partial charge in [0, 0.05) is 12.8 Å². The quantitative estimate of drug-likeness (QED) is 0.0320. The molecule has 1 amide bonds. The molecule has 2 atom stereocenters. The summed E-state index contributed by atoms with van der Waals surface area (Å²) < 4.78 is 5.46. The van der Waals surface area contributed by atoms with E-state index in [2.05, 4.69) is 31.3 Å². The number of ether oxygens (including phenoxy) is 1. The largest absolute Gasteiger partial charge is 0.466 e. The summed E-state index contributed by atoms with van der Waals surface area (Å²) in [6.07, 6.45) is 78.1. The fourth-order valence-electron chi connectivity index (χ4n) is 10.4. The van der Waals surface area contributed by atoms with Crippen molar-refractivity contribution in [1.29, 1.82) is 0 Å². The third-order valence-corrected chi connectivity index (χ3v) is 15.5. The molecule has 432 valence electrons. The molecule has 0 radical (unpaired) electrons. The highest BCUT2D eigenvalue weighted by Gasteiger charge is 2.18. The number of unbranched alkanes of at least 4 members (excludes halogenated alkanes) is 49. The SMILES string of the molecule is CCCC/C=C\CCCCCCCC(=O)OCCCCCCCCCCCCCCCCCCCCCCCCCCC(=O)NC(CO)C(O)/C=C/CCCCCCCCCCCCCCCCCCCCC. The maximum atomic E-state index is 12.5. The monoisotopic (exact) mass is 1030 g/mol. The molecule has 73 heavy (non-hydrogen) atoms. The Hall–Kier alpha value is -1.66. The lowest BCUT2D eigenvalue weighted by atomic mass is 10.0. The number of nitrogens with one attached hydrogen (secondary N) is 1. The second-order valence-corrected chi connectivity index (χ2v) is 22.8. The van der Waals surface area contributed by atoms with E-state index in [1.165, 1.54) is 295 Å². The van der Waals surface area contributed by atoms with Crippen molar-refractivity contribution in [2.45, 2.75) is 379 Å². The zero-order chi connectivity index (χ0) is 52.9. The van der Waals surface area contributed by atoms with E-state index >= 15 is 0 Å². The second-order valence-electron chi connectivity index (χ2n) is 22.8. The van der Waals surface area contributed by atoms with E-state index in [1.807, 2.05) is 6.08 Å². The van der Waals surface area contributed by atoms with Gasteiger partial charge in [-0.2, -0.15) is 0 Å². The molecule has 0 aliphatic heterocycles. The van der Waals surface area contributed by atoms with Crippen LogP contribution in [0.15, 0.2) is 24.3 Å². The molecule has 0 fully saturated rings. The molecule has 6 nitrogen and oxygen atoms in total. The number of esters is 1. The summed E-state index contributed by atoms with van der Waals surface area (Å²) in [5.74, 6) is -0.0589. The van der Waals surface area contributed by atoms with Crippen LogP contribution in [0.25, 0.3) is 0 Å². The molecule has 6 heteroatoms. The van der Waals surface area contributed by atoms with Crippen molar-refractivity contribution < 1.29 is 24.5 Å². The van der Waals surface area contributed by atoms with E-state index in [4.69, 9.17) is 4.74 Å². The van der Waals surface area contributed by atoms with Crippen LogP contribution in [0.2, 0.25) is 0 Å². The molecule has 0 saturated carbocycles. The molecule has 0 aromatic heterocycles. The number of aliphatic hydroxyl groups is 2. The van der Waals surface area contributed by atoms with Crippen LogP contribution >= 0.6 is 0 Å². The van der Waals surface area contributed by atoms with Gasteiger partial charge in [0.1, 0.15) is 0 Å². The van der Waals surface area contributed by atoms with Crippen molar-refractivity contribution >= 4 is 11.9 Å². The van der Waals surface area contributed by atoms with Gasteiger partial charge < -0.3 is 20.3 Å². The number of rotatable bonds is 62. The van der Waals surface area contributed by atoms with Gasteiger partial charge in [-0.25, -0.2) is 0 Å². The van der Waals surface area contributed by atoms with Crippen molar-refractivity contribution in [3.05, 3.63) is 24.3 Å². The second kappa shape index (κ2) is 62.9. The first-order valence-electron chi connectivity index (χ1n) is 33.1. The molecular formula is C67H129NO5. The normalized spacial score (nSPS) is 12.7. The molecular weight excluding hydrogens is 899 g/mol. The number of hydrogen-bond acceptors (Lipinski definition) is 5. The van der Waals surface area contributed by atoms with Gasteiger partial charge in [-0.3, -0.25) is 9.59 Å². The zero-order valence-electron chi connectivity index (χ0n) is 49.4. The van der Waals surface area contributed by atoms with Crippen LogP contribution in [0, 0.1) is 0 Å². The minimum absolute atomic E-state index is 0.00434. The van der Waals surface area contributed by atoms with Gasteiger partial charge in [-0.15, -0.1) is 0 Å². The average molecular weight is 1030 g/mol. The van der Waals surface area contributed by atoms with Gasteiger partial charge in [0.25, 0.3) is 0 Å². The predicted molar refractivity (Wildman–Crippen MR) is 320 cm³/mol. The lowest BCUT2D eigenvalue weighted by Crippen LogP contribution is -2.45. The van der Waals surface area contributed by atoms with Crippen molar-refractivity contribution in [3.63, 3.8) is 0 Å². The maximum absolute atomic E-state index is 12.5. The van der Waals surface area contributed by atoms with Gasteiger partial charge in [0.05, 0.1) is 25.4 Å². The Morgan fingerprint density at radius 3 is 1.01 bits per heavy atom. The average Bonchev–Trinajstić information content (AvgIpc) is 3.39. The third-order valence-electron chi connectivity index (χ3n) is 15.5. The van der Waals surface area contributed by atoms with E-state index in [0.29, 0.717) is 19.4 Å². The minimum Gasteiger partial charge on any atom is -0.466 e. The van der Waals surface area contributed by atoms with Crippen LogP contribution in [-0.4, -0.2) is 47.4 Å². The topological polar surface area (TPSA) is 95.9 Å². The Kier molecular flexibility index (Phi) is 61.4. The predicted octanol–water partition coefficient (Wildman–Crippen LogP) is 21.0. The van der Waals surface area contributed by atoms with E-state index in [-0.39, 0.29) is 18.5 Å². The Bertz CT molecular complexity index is 1140. The molecule has 0 aromatic carbocycles. The van der Waals surface area contributed by atoms with Crippen LogP contribution in [-0.2, 0) is 14.3 Å². The number of aliphatic hydroxyl groups excluding tert-OH is 2. The molecule has 0 aromatic rings. The molecule has 0 bridgehead atoms. The number of amides is 1. The molecule has 0 saturated heterocycles. The molecule has 0 rings (SSSR count). The minimum atomic E-state index is -0.844. The molecule has 0 aliphatic rings. The number of carbonyl (C=O) groups excluding carboxylic acids is 2. The van der Waals surface area contributed by atoms with Gasteiger partial charge in [0.15, 0.2) is 0 Å². The van der Waals surface area contributed by atoms with Crippen molar-refractivity contribution in [2.24, 2.45) is 0 Å². The highest BCUT2D eigenvalue weighted by atomic mass is 16.5. The third kappa shape index (κ3) is 59.4. The summed E-state index contributed by atoms with van der Waals surface area (Å²) in [6.45, 7) is 4.90. The van der Waals surface area contributed by atoms with Crippen molar-refractivity contribution in [2.75, 3.05) is 13.2 Å². The van der Waals surface area contributed by atoms with Gasteiger partial charge >= 0.3 is 5.97 Å². The highest BCUT2D eigenvalue weighted by Crippen LogP contribution is 2.18. The molecule has 0 aliphatic carbocycles. The molecule has 0 heterocycles. The van der Waals surface area contributed by atoms with Crippen LogP contribution in [0.1, 0.15) is 367 Å². The summed E-state index contributed by atoms with van der Waals surface area (Å²) in [5.41, 5.74) is 0. The smallest absolute Gasteiger partial charge is 0.305 e. The Labute approximate surface area is 456 Å². The van der Waals surface area contributed by atoms with E-state index in [1.54, 1.807) is 6.08 Å². The fraction of sp³-hybridized carbons (Fsp3) is 0.910. The van der Waals surface area contributed by atoms with E-state index in [0.717, 1.165) is 44.9 Å². The summed E-state index contributed by atoms with van der Waals surface area (Å²) in [4.78, 5) is 24.5. The van der Waals surface area contributed by atoms with Gasteiger partial charge in [0.2, 0.25) is 5.91 Å². The van der Waals surface area contributed by atoms with Crippen LogP contribution in [0.5, 0.6) is 0 Å². The number of allylic oxidation sites excluding steroid dienone is 3. The fourth-order valence-corrected chi connectivity index (χ4v) is 10.4. The van der Waals surface area contributed by atoms with Gasteiger partial charge in [-0.05, 0) is 51.4 Å². The zero-order valence-corrected chi connectivity index (χ0v) is 49.4. The van der Waals surface area contributed by atoms with Crippen LogP contribution in [0.4, 0.5) is 0 Å². The first kappa shape index (κ1) is 71.3. The maximum Gasteiger partial charge on any atom is 0.305 e. The summed E-state index contributed by atoms with van der Waals surface area (Å²) in [6, 6.07) is -0.628. The Morgan fingerprint density at radius 1 is 0.370 bits per heavy atom. The summed E-state index contributed by atoms with van der Waals surface area (Å²) in [5, 5.41) is 23.2. The summed E-state index contributed by atoms with van der Waals surface area (Å²) >= 11 is 0. The summed E-state index contributed by atoms with van der Waals surface area (Å²) in [7, 11) is 0. The van der Waals surface area contributed by atoms with Crippen molar-refractivity contribution in [1.82, 2.24) is 5.32 Å². The number of carbonyl (C=O) groups is 2. The van der Waals surface area contributed by atoms with Crippen molar-refractivity contribution in [3.8, 4) is 0 Å².